The topological polar surface area (TPSA) is 26.3 Å². The molecule has 0 bridgehead atoms. The van der Waals surface area contributed by atoms with Gasteiger partial charge in [0.05, 0.1) is 13.0 Å². The highest BCUT2D eigenvalue weighted by Crippen LogP contribution is 2.23. The second-order valence-electron chi connectivity index (χ2n) is 5.29. The number of hydrogen-bond acceptors (Lipinski definition) is 2. The van der Waals surface area contributed by atoms with Gasteiger partial charge in [0, 0.05) is 0 Å². The lowest BCUT2D eigenvalue weighted by atomic mass is 9.86. The fourth-order valence-electron chi connectivity index (χ4n) is 1.62. The lowest BCUT2D eigenvalue weighted by Gasteiger charge is -2.19. The van der Waals surface area contributed by atoms with Crippen LogP contribution in [0, 0.1) is 0 Å². The normalized spacial score (nSPS) is 11.8. The monoisotopic (exact) mass is 246 g/mol. The summed E-state index contributed by atoms with van der Waals surface area (Å²) in [6.45, 7) is 8.82. The molecule has 0 aliphatic heterocycles. The highest BCUT2D eigenvalue weighted by molar-refractivity contribution is 5.72. The number of ether oxygens (including phenoxy) is 1. The van der Waals surface area contributed by atoms with Crippen molar-refractivity contribution in [2.45, 2.75) is 39.5 Å². The molecule has 0 heterocycles. The first kappa shape index (κ1) is 14.5. The molecular weight excluding hydrogens is 224 g/mol. The van der Waals surface area contributed by atoms with E-state index in [1.807, 2.05) is 31.2 Å². The Morgan fingerprint density at radius 2 is 2.06 bits per heavy atom. The summed E-state index contributed by atoms with van der Waals surface area (Å²) in [4.78, 5) is 11.2. The van der Waals surface area contributed by atoms with E-state index in [4.69, 9.17) is 4.74 Å². The molecule has 0 radical (unpaired) electrons. The number of esters is 1. The molecule has 98 valence electrons. The maximum absolute atomic E-state index is 11.2. The first-order valence-electron chi connectivity index (χ1n) is 6.36. The highest BCUT2D eigenvalue weighted by atomic mass is 16.5. The first-order chi connectivity index (χ1) is 8.43. The number of rotatable bonds is 4. The zero-order chi connectivity index (χ0) is 13.6. The van der Waals surface area contributed by atoms with E-state index in [9.17, 15) is 4.79 Å². The van der Waals surface area contributed by atoms with E-state index in [0.717, 1.165) is 5.56 Å². The average Bonchev–Trinajstić information content (AvgIpc) is 2.29. The Labute approximate surface area is 110 Å². The Kier molecular flexibility index (Phi) is 5.14. The maximum Gasteiger partial charge on any atom is 0.309 e. The van der Waals surface area contributed by atoms with Crippen LogP contribution in [-0.4, -0.2) is 12.6 Å². The van der Waals surface area contributed by atoms with Gasteiger partial charge < -0.3 is 4.74 Å². The predicted molar refractivity (Wildman–Crippen MR) is 75.4 cm³/mol. The van der Waals surface area contributed by atoms with Crippen LogP contribution in [0.25, 0.3) is 6.08 Å². The predicted octanol–water partition coefficient (Wildman–Crippen LogP) is 3.95. The van der Waals surface area contributed by atoms with Crippen LogP contribution in [0.1, 0.15) is 45.2 Å². The third-order valence-corrected chi connectivity index (χ3v) is 2.65. The summed E-state index contributed by atoms with van der Waals surface area (Å²) in [5.41, 5.74) is 2.55. The summed E-state index contributed by atoms with van der Waals surface area (Å²) in [6.07, 6.45) is 4.14. The molecule has 0 aromatic heterocycles. The van der Waals surface area contributed by atoms with Gasteiger partial charge in [0.1, 0.15) is 0 Å². The van der Waals surface area contributed by atoms with Crippen molar-refractivity contribution in [3.63, 3.8) is 0 Å². The van der Waals surface area contributed by atoms with E-state index < -0.39 is 0 Å². The minimum Gasteiger partial charge on any atom is -0.466 e. The molecule has 1 aromatic rings. The molecule has 1 aromatic carbocycles. The van der Waals surface area contributed by atoms with Gasteiger partial charge in [-0.3, -0.25) is 4.79 Å². The quantitative estimate of drug-likeness (QED) is 0.752. The van der Waals surface area contributed by atoms with E-state index in [1.54, 1.807) is 0 Å². The van der Waals surface area contributed by atoms with Crippen molar-refractivity contribution in [2.75, 3.05) is 6.61 Å². The summed E-state index contributed by atoms with van der Waals surface area (Å²) in [5, 5.41) is 0. The molecule has 0 fully saturated rings. The fourth-order valence-corrected chi connectivity index (χ4v) is 1.62. The standard InChI is InChI=1S/C16H22O2/c1-5-18-15(17)11-7-9-13-8-6-10-14(12-13)16(2,3)4/h6-10,12H,5,11H2,1-4H3. The summed E-state index contributed by atoms with van der Waals surface area (Å²) in [5.74, 6) is -0.180. The smallest absolute Gasteiger partial charge is 0.309 e. The van der Waals surface area contributed by atoms with Gasteiger partial charge >= 0.3 is 5.97 Å². The van der Waals surface area contributed by atoms with Gasteiger partial charge in [-0.1, -0.05) is 57.2 Å². The van der Waals surface area contributed by atoms with Crippen LogP contribution in [0.2, 0.25) is 0 Å². The molecule has 2 heteroatoms. The minimum absolute atomic E-state index is 0.144. The molecule has 0 saturated heterocycles. The van der Waals surface area contributed by atoms with Crippen LogP contribution < -0.4 is 0 Å². The van der Waals surface area contributed by atoms with Crippen LogP contribution in [0.5, 0.6) is 0 Å². The SMILES string of the molecule is CCOC(=O)CC=Cc1cccc(C(C)(C)C)c1. The van der Waals surface area contributed by atoms with Gasteiger partial charge in [-0.15, -0.1) is 0 Å². The minimum atomic E-state index is -0.180. The van der Waals surface area contributed by atoms with E-state index in [-0.39, 0.29) is 11.4 Å². The van der Waals surface area contributed by atoms with Crippen LogP contribution in [-0.2, 0) is 14.9 Å². The molecule has 0 aliphatic rings. The fraction of sp³-hybridized carbons (Fsp3) is 0.438. The van der Waals surface area contributed by atoms with E-state index in [1.165, 1.54) is 5.56 Å². The van der Waals surface area contributed by atoms with Crippen LogP contribution >= 0.6 is 0 Å². The van der Waals surface area contributed by atoms with E-state index >= 15 is 0 Å². The van der Waals surface area contributed by atoms with Crippen molar-refractivity contribution >= 4 is 12.0 Å². The van der Waals surface area contributed by atoms with E-state index in [0.29, 0.717) is 13.0 Å². The van der Waals surface area contributed by atoms with Crippen molar-refractivity contribution in [3.8, 4) is 0 Å². The average molecular weight is 246 g/mol. The second kappa shape index (κ2) is 6.39. The molecular formula is C16H22O2. The Bertz CT molecular complexity index is 425. The summed E-state index contributed by atoms with van der Waals surface area (Å²) >= 11 is 0. The second-order valence-corrected chi connectivity index (χ2v) is 5.29. The Morgan fingerprint density at radius 1 is 1.33 bits per heavy atom. The Hall–Kier alpha value is -1.57. The Balaban J connectivity index is 2.68. The van der Waals surface area contributed by atoms with Gasteiger partial charge in [-0.25, -0.2) is 0 Å². The van der Waals surface area contributed by atoms with Crippen LogP contribution in [0.15, 0.2) is 30.3 Å². The van der Waals surface area contributed by atoms with Crippen molar-refractivity contribution in [1.29, 1.82) is 0 Å². The number of benzene rings is 1. The van der Waals surface area contributed by atoms with Gasteiger partial charge in [0.25, 0.3) is 0 Å². The lowest BCUT2D eigenvalue weighted by Crippen LogP contribution is -2.10. The summed E-state index contributed by atoms with van der Waals surface area (Å²) in [7, 11) is 0. The molecule has 1 rings (SSSR count). The highest BCUT2D eigenvalue weighted by Gasteiger charge is 2.12. The number of hydrogen-bond donors (Lipinski definition) is 0. The van der Waals surface area contributed by atoms with E-state index in [2.05, 4.69) is 32.9 Å². The molecule has 0 atom stereocenters. The molecule has 2 nitrogen and oxygen atoms in total. The van der Waals surface area contributed by atoms with Gasteiger partial charge in [-0.05, 0) is 23.5 Å². The van der Waals surface area contributed by atoms with Crippen molar-refractivity contribution in [1.82, 2.24) is 0 Å². The molecule has 0 amide bonds. The molecule has 0 saturated carbocycles. The summed E-state index contributed by atoms with van der Waals surface area (Å²) < 4.78 is 4.87. The molecule has 18 heavy (non-hydrogen) atoms. The van der Waals surface area contributed by atoms with Crippen molar-refractivity contribution < 1.29 is 9.53 Å². The zero-order valence-corrected chi connectivity index (χ0v) is 11.7. The molecule has 0 N–H and O–H groups in total. The van der Waals surface area contributed by atoms with Gasteiger partial charge in [0.2, 0.25) is 0 Å². The van der Waals surface area contributed by atoms with Crippen LogP contribution in [0.3, 0.4) is 0 Å². The summed E-state index contributed by atoms with van der Waals surface area (Å²) in [6, 6.07) is 8.37. The zero-order valence-electron chi connectivity index (χ0n) is 11.7. The van der Waals surface area contributed by atoms with Gasteiger partial charge in [-0.2, -0.15) is 0 Å². The number of carbonyl (C=O) groups is 1. The lowest BCUT2D eigenvalue weighted by molar-refractivity contribution is -0.142. The third kappa shape index (κ3) is 4.74. The van der Waals surface area contributed by atoms with Crippen molar-refractivity contribution in [2.24, 2.45) is 0 Å². The largest absolute Gasteiger partial charge is 0.466 e. The van der Waals surface area contributed by atoms with Gasteiger partial charge in [0.15, 0.2) is 0 Å². The first-order valence-corrected chi connectivity index (χ1v) is 6.36. The van der Waals surface area contributed by atoms with Crippen molar-refractivity contribution in [3.05, 3.63) is 41.5 Å². The molecule has 0 aliphatic carbocycles. The molecule has 0 spiro atoms. The third-order valence-electron chi connectivity index (χ3n) is 2.65. The number of carbonyl (C=O) groups excluding carboxylic acids is 1. The van der Waals surface area contributed by atoms with Crippen LogP contribution in [0.4, 0.5) is 0 Å². The maximum atomic E-state index is 11.2. The molecule has 0 unspecified atom stereocenters. The Morgan fingerprint density at radius 3 is 2.67 bits per heavy atom.